The Morgan fingerprint density at radius 2 is 2.22 bits per heavy atom. The highest BCUT2D eigenvalue weighted by molar-refractivity contribution is 5.15. The zero-order chi connectivity index (χ0) is 13.4. The van der Waals surface area contributed by atoms with E-state index in [1.165, 1.54) is 24.1 Å². The van der Waals surface area contributed by atoms with Gasteiger partial charge in [0.05, 0.1) is 12.8 Å². The Labute approximate surface area is 111 Å². The quantitative estimate of drug-likeness (QED) is 0.687. The average molecular weight is 253 g/mol. The summed E-state index contributed by atoms with van der Waals surface area (Å²) in [7, 11) is 1.72. The van der Waals surface area contributed by atoms with Gasteiger partial charge in [0, 0.05) is 38.0 Å². The van der Waals surface area contributed by atoms with Crippen molar-refractivity contribution >= 4 is 0 Å². The minimum atomic E-state index is 0.752. The van der Waals surface area contributed by atoms with Crippen molar-refractivity contribution in [2.45, 2.75) is 46.7 Å². The summed E-state index contributed by atoms with van der Waals surface area (Å²) >= 11 is 0. The summed E-state index contributed by atoms with van der Waals surface area (Å²) in [5, 5.41) is 7.81. The van der Waals surface area contributed by atoms with Crippen molar-refractivity contribution in [2.24, 2.45) is 5.92 Å². The molecule has 0 aromatic carbocycles. The van der Waals surface area contributed by atoms with Crippen LogP contribution in [-0.2, 0) is 17.8 Å². The first-order chi connectivity index (χ1) is 8.65. The van der Waals surface area contributed by atoms with Crippen molar-refractivity contribution in [3.8, 4) is 0 Å². The third-order valence-electron chi connectivity index (χ3n) is 3.15. The molecule has 18 heavy (non-hydrogen) atoms. The number of rotatable bonds is 9. The minimum absolute atomic E-state index is 0.752. The second-order valence-corrected chi connectivity index (χ2v) is 5.18. The Bertz CT molecular complexity index is 334. The molecule has 0 aliphatic heterocycles. The van der Waals surface area contributed by atoms with Crippen LogP contribution in [0, 0.1) is 12.8 Å². The van der Waals surface area contributed by atoms with Gasteiger partial charge in [0.25, 0.3) is 0 Å². The maximum absolute atomic E-state index is 5.01. The highest BCUT2D eigenvalue weighted by atomic mass is 16.5. The molecule has 1 aromatic rings. The number of ether oxygens (including phenoxy) is 1. The van der Waals surface area contributed by atoms with E-state index < -0.39 is 0 Å². The third kappa shape index (κ3) is 5.19. The summed E-state index contributed by atoms with van der Waals surface area (Å²) < 4.78 is 7.13. The predicted molar refractivity (Wildman–Crippen MR) is 74.6 cm³/mol. The van der Waals surface area contributed by atoms with E-state index in [1.54, 1.807) is 7.11 Å². The van der Waals surface area contributed by atoms with Crippen LogP contribution in [0.25, 0.3) is 0 Å². The van der Waals surface area contributed by atoms with E-state index in [4.69, 9.17) is 4.74 Å². The van der Waals surface area contributed by atoms with Crippen molar-refractivity contribution in [2.75, 3.05) is 20.3 Å². The highest BCUT2D eigenvalue weighted by Crippen LogP contribution is 2.10. The van der Waals surface area contributed by atoms with Crippen LogP contribution >= 0.6 is 0 Å². The third-order valence-corrected chi connectivity index (χ3v) is 3.15. The Morgan fingerprint density at radius 1 is 1.44 bits per heavy atom. The molecule has 0 aliphatic rings. The molecule has 104 valence electrons. The van der Waals surface area contributed by atoms with Crippen LogP contribution in [0.15, 0.2) is 6.20 Å². The summed E-state index contributed by atoms with van der Waals surface area (Å²) in [4.78, 5) is 0. The maximum Gasteiger partial charge on any atom is 0.0587 e. The Morgan fingerprint density at radius 3 is 2.89 bits per heavy atom. The fourth-order valence-electron chi connectivity index (χ4n) is 1.93. The summed E-state index contributed by atoms with van der Waals surface area (Å²) in [5.41, 5.74) is 2.57. The average Bonchev–Trinajstić information content (AvgIpc) is 2.67. The van der Waals surface area contributed by atoms with E-state index in [0.29, 0.717) is 0 Å². The maximum atomic E-state index is 5.01. The molecule has 0 spiro atoms. The standard InChI is InChI=1S/C14H27N3O/c1-12(2)6-5-8-17-13(3)14(11-16-17)10-15-7-9-18-4/h11-12,15H,5-10H2,1-4H3. The van der Waals surface area contributed by atoms with Crippen LogP contribution in [0.3, 0.4) is 0 Å². The summed E-state index contributed by atoms with van der Waals surface area (Å²) in [6, 6.07) is 0. The lowest BCUT2D eigenvalue weighted by Crippen LogP contribution is -2.18. The summed E-state index contributed by atoms with van der Waals surface area (Å²) in [6.07, 6.45) is 4.45. The van der Waals surface area contributed by atoms with Gasteiger partial charge in [0.2, 0.25) is 0 Å². The van der Waals surface area contributed by atoms with Gasteiger partial charge in [-0.1, -0.05) is 13.8 Å². The van der Waals surface area contributed by atoms with Gasteiger partial charge in [-0.2, -0.15) is 5.10 Å². The molecule has 1 aromatic heterocycles. The highest BCUT2D eigenvalue weighted by Gasteiger charge is 2.05. The monoisotopic (exact) mass is 253 g/mol. The molecule has 1 N–H and O–H groups in total. The number of nitrogens with one attached hydrogen (secondary N) is 1. The van der Waals surface area contributed by atoms with Gasteiger partial charge in [-0.05, 0) is 25.7 Å². The SMILES string of the molecule is COCCNCc1cnn(CCCC(C)C)c1C. The number of methoxy groups -OCH3 is 1. The molecule has 4 heteroatoms. The Hall–Kier alpha value is -0.870. The van der Waals surface area contributed by atoms with E-state index in [2.05, 4.69) is 35.9 Å². The van der Waals surface area contributed by atoms with Gasteiger partial charge < -0.3 is 10.1 Å². The minimum Gasteiger partial charge on any atom is -0.383 e. The first-order valence-electron chi connectivity index (χ1n) is 6.86. The molecule has 1 heterocycles. The topological polar surface area (TPSA) is 39.1 Å². The lowest BCUT2D eigenvalue weighted by atomic mass is 10.1. The number of hydrogen-bond donors (Lipinski definition) is 1. The van der Waals surface area contributed by atoms with E-state index in [1.807, 2.05) is 6.20 Å². The smallest absolute Gasteiger partial charge is 0.0587 e. The van der Waals surface area contributed by atoms with Gasteiger partial charge in [0.1, 0.15) is 0 Å². The first-order valence-corrected chi connectivity index (χ1v) is 6.86. The van der Waals surface area contributed by atoms with E-state index in [9.17, 15) is 0 Å². The molecule has 0 atom stereocenters. The molecule has 0 amide bonds. The zero-order valence-corrected chi connectivity index (χ0v) is 12.2. The van der Waals surface area contributed by atoms with Crippen molar-refractivity contribution < 1.29 is 4.74 Å². The van der Waals surface area contributed by atoms with Crippen LogP contribution < -0.4 is 5.32 Å². The molecule has 0 saturated carbocycles. The molecule has 1 rings (SSSR count). The molecule has 0 bridgehead atoms. The normalized spacial score (nSPS) is 11.4. The molecule has 4 nitrogen and oxygen atoms in total. The predicted octanol–water partition coefficient (Wildman–Crippen LogP) is 2.36. The first kappa shape index (κ1) is 15.2. The summed E-state index contributed by atoms with van der Waals surface area (Å²) in [6.45, 7) is 10.2. The Kier molecular flexibility index (Phi) is 6.98. The van der Waals surface area contributed by atoms with Crippen molar-refractivity contribution in [3.05, 3.63) is 17.5 Å². The van der Waals surface area contributed by atoms with Crippen LogP contribution in [0.5, 0.6) is 0 Å². The molecule has 0 radical (unpaired) electrons. The second kappa shape index (κ2) is 8.27. The summed E-state index contributed by atoms with van der Waals surface area (Å²) in [5.74, 6) is 0.774. The van der Waals surface area contributed by atoms with Crippen LogP contribution in [0.1, 0.15) is 37.9 Å². The van der Waals surface area contributed by atoms with Gasteiger partial charge in [-0.3, -0.25) is 4.68 Å². The van der Waals surface area contributed by atoms with Crippen LogP contribution in [0.4, 0.5) is 0 Å². The molecule has 0 fully saturated rings. The fraction of sp³-hybridized carbons (Fsp3) is 0.786. The number of nitrogens with zero attached hydrogens (tertiary/aromatic N) is 2. The van der Waals surface area contributed by atoms with Crippen LogP contribution in [0.2, 0.25) is 0 Å². The van der Waals surface area contributed by atoms with Crippen molar-refractivity contribution in [1.82, 2.24) is 15.1 Å². The number of aromatic nitrogens is 2. The largest absolute Gasteiger partial charge is 0.383 e. The fourth-order valence-corrected chi connectivity index (χ4v) is 1.93. The van der Waals surface area contributed by atoms with Gasteiger partial charge >= 0.3 is 0 Å². The Balaban J connectivity index is 2.35. The van der Waals surface area contributed by atoms with E-state index >= 15 is 0 Å². The van der Waals surface area contributed by atoms with Gasteiger partial charge in [-0.25, -0.2) is 0 Å². The molecule has 0 saturated heterocycles. The van der Waals surface area contributed by atoms with Gasteiger partial charge in [0.15, 0.2) is 0 Å². The van der Waals surface area contributed by atoms with Crippen molar-refractivity contribution in [1.29, 1.82) is 0 Å². The second-order valence-electron chi connectivity index (χ2n) is 5.18. The van der Waals surface area contributed by atoms with E-state index in [-0.39, 0.29) is 0 Å². The van der Waals surface area contributed by atoms with Crippen molar-refractivity contribution in [3.63, 3.8) is 0 Å². The molecular formula is C14H27N3O. The number of hydrogen-bond acceptors (Lipinski definition) is 3. The van der Waals surface area contributed by atoms with E-state index in [0.717, 1.165) is 32.2 Å². The lowest BCUT2D eigenvalue weighted by molar-refractivity contribution is 0.199. The lowest BCUT2D eigenvalue weighted by Gasteiger charge is -2.08. The molecule has 0 unspecified atom stereocenters. The van der Waals surface area contributed by atoms with Crippen LogP contribution in [-0.4, -0.2) is 30.0 Å². The molecule has 0 aliphatic carbocycles. The zero-order valence-electron chi connectivity index (χ0n) is 12.2. The molecular weight excluding hydrogens is 226 g/mol. The van der Waals surface area contributed by atoms with Gasteiger partial charge in [-0.15, -0.1) is 0 Å². The number of aryl methyl sites for hydroxylation is 1.